The molecule has 2 fully saturated rings. The molecule has 2 rings (SSSR count). The lowest BCUT2D eigenvalue weighted by molar-refractivity contribution is -0.153. The van der Waals surface area contributed by atoms with Crippen molar-refractivity contribution in [3.05, 3.63) is 0 Å². The summed E-state index contributed by atoms with van der Waals surface area (Å²) in [7, 11) is 0. The van der Waals surface area contributed by atoms with Gasteiger partial charge in [-0.1, -0.05) is 0 Å². The van der Waals surface area contributed by atoms with Gasteiger partial charge in [-0.05, 0) is 39.0 Å². The second kappa shape index (κ2) is 5.49. The molecule has 1 N–H and O–H groups in total. The number of hydrogen-bond donors (Lipinski definition) is 1. The molecule has 108 valence electrons. The third kappa shape index (κ3) is 2.91. The number of nitrogens with zero attached hydrogens (tertiary/aromatic N) is 1. The zero-order chi connectivity index (χ0) is 14.0. The Bertz CT molecular complexity index is 360. The summed E-state index contributed by atoms with van der Waals surface area (Å²) in [6, 6.07) is 0. The lowest BCUT2D eigenvalue weighted by atomic mass is 9.74. The monoisotopic (exact) mass is 269 g/mol. The van der Waals surface area contributed by atoms with E-state index in [0.717, 1.165) is 25.8 Å². The largest absolute Gasteiger partial charge is 0.481 e. The van der Waals surface area contributed by atoms with Crippen LogP contribution in [-0.2, 0) is 14.3 Å². The van der Waals surface area contributed by atoms with Crippen LogP contribution in [0, 0.1) is 17.3 Å². The van der Waals surface area contributed by atoms with E-state index in [2.05, 4.69) is 0 Å². The summed E-state index contributed by atoms with van der Waals surface area (Å²) in [5.74, 6) is -0.629. The number of ether oxygens (including phenoxy) is 1. The van der Waals surface area contributed by atoms with Gasteiger partial charge in [-0.25, -0.2) is 0 Å². The van der Waals surface area contributed by atoms with Crippen LogP contribution >= 0.6 is 0 Å². The van der Waals surface area contributed by atoms with Crippen LogP contribution in [0.15, 0.2) is 0 Å². The summed E-state index contributed by atoms with van der Waals surface area (Å²) in [4.78, 5) is 25.5. The molecule has 0 bridgehead atoms. The van der Waals surface area contributed by atoms with Crippen molar-refractivity contribution in [2.75, 3.05) is 26.3 Å². The molecule has 0 saturated carbocycles. The first-order valence-corrected chi connectivity index (χ1v) is 7.03. The van der Waals surface area contributed by atoms with Crippen molar-refractivity contribution in [1.82, 2.24) is 4.90 Å². The number of hydrogen-bond acceptors (Lipinski definition) is 3. The number of carboxylic acids is 1. The topological polar surface area (TPSA) is 66.8 Å². The van der Waals surface area contributed by atoms with E-state index in [1.807, 2.05) is 4.90 Å². The molecule has 5 heteroatoms. The highest BCUT2D eigenvalue weighted by Crippen LogP contribution is 2.34. The minimum atomic E-state index is -0.781. The lowest BCUT2D eigenvalue weighted by Crippen LogP contribution is -2.48. The predicted octanol–water partition coefficient (Wildman–Crippen LogP) is 1.37. The van der Waals surface area contributed by atoms with Gasteiger partial charge in [-0.2, -0.15) is 0 Å². The van der Waals surface area contributed by atoms with Crippen molar-refractivity contribution in [3.8, 4) is 0 Å². The molecule has 0 spiro atoms. The maximum Gasteiger partial charge on any atom is 0.309 e. The normalized spacial score (nSPS) is 28.4. The summed E-state index contributed by atoms with van der Waals surface area (Å²) in [6.07, 6.45) is 2.56. The van der Waals surface area contributed by atoms with Gasteiger partial charge in [0.15, 0.2) is 0 Å². The number of aliphatic carboxylic acids is 1. The van der Waals surface area contributed by atoms with Gasteiger partial charge in [-0.3, -0.25) is 9.59 Å². The van der Waals surface area contributed by atoms with E-state index >= 15 is 0 Å². The Morgan fingerprint density at radius 1 is 1.32 bits per heavy atom. The summed E-state index contributed by atoms with van der Waals surface area (Å²) < 4.78 is 5.26. The molecule has 2 aliphatic heterocycles. The number of likely N-dealkylation sites (tertiary alicyclic amines) is 1. The van der Waals surface area contributed by atoms with Gasteiger partial charge >= 0.3 is 5.97 Å². The van der Waals surface area contributed by atoms with Crippen LogP contribution in [0.1, 0.15) is 33.1 Å². The molecule has 0 aromatic heterocycles. The highest BCUT2D eigenvalue weighted by molar-refractivity contribution is 5.79. The second-order valence-electron chi connectivity index (χ2n) is 6.21. The Morgan fingerprint density at radius 3 is 2.63 bits per heavy atom. The smallest absolute Gasteiger partial charge is 0.309 e. The molecule has 2 heterocycles. The van der Waals surface area contributed by atoms with Gasteiger partial charge < -0.3 is 14.7 Å². The number of piperidine rings is 1. The fourth-order valence-electron chi connectivity index (χ4n) is 2.93. The molecule has 2 unspecified atom stereocenters. The fourth-order valence-corrected chi connectivity index (χ4v) is 2.93. The first-order valence-electron chi connectivity index (χ1n) is 7.03. The van der Waals surface area contributed by atoms with E-state index in [4.69, 9.17) is 4.74 Å². The van der Waals surface area contributed by atoms with Crippen molar-refractivity contribution in [3.63, 3.8) is 0 Å². The standard InChI is InChI=1S/C14H23NO4/c1-14(2,13(17)18)11-4-3-6-15(8-11)12(16)10-5-7-19-9-10/h10-11H,3-9H2,1-2H3,(H,17,18). The molecule has 2 saturated heterocycles. The second-order valence-corrected chi connectivity index (χ2v) is 6.21. The maximum absolute atomic E-state index is 12.3. The average Bonchev–Trinajstić information content (AvgIpc) is 2.91. The molecular formula is C14H23NO4. The van der Waals surface area contributed by atoms with Crippen LogP contribution in [-0.4, -0.2) is 48.2 Å². The van der Waals surface area contributed by atoms with Crippen LogP contribution < -0.4 is 0 Å². The van der Waals surface area contributed by atoms with Crippen LogP contribution in [0.2, 0.25) is 0 Å². The fraction of sp³-hybridized carbons (Fsp3) is 0.857. The molecule has 0 aliphatic carbocycles. The molecule has 5 nitrogen and oxygen atoms in total. The van der Waals surface area contributed by atoms with Crippen molar-refractivity contribution in [2.24, 2.45) is 17.3 Å². The van der Waals surface area contributed by atoms with Crippen molar-refractivity contribution in [2.45, 2.75) is 33.1 Å². The third-order valence-electron chi connectivity index (χ3n) is 4.58. The molecular weight excluding hydrogens is 246 g/mol. The van der Waals surface area contributed by atoms with Gasteiger partial charge in [-0.15, -0.1) is 0 Å². The number of carbonyl (C=O) groups is 2. The minimum Gasteiger partial charge on any atom is -0.481 e. The van der Waals surface area contributed by atoms with Crippen LogP contribution in [0.25, 0.3) is 0 Å². The quantitative estimate of drug-likeness (QED) is 0.840. The zero-order valence-electron chi connectivity index (χ0n) is 11.7. The lowest BCUT2D eigenvalue weighted by Gasteiger charge is -2.40. The van der Waals surface area contributed by atoms with E-state index in [1.54, 1.807) is 13.8 Å². The Morgan fingerprint density at radius 2 is 2.05 bits per heavy atom. The Hall–Kier alpha value is -1.10. The summed E-state index contributed by atoms with van der Waals surface area (Å²) in [6.45, 7) is 6.01. The van der Waals surface area contributed by atoms with Crippen LogP contribution in [0.3, 0.4) is 0 Å². The molecule has 0 radical (unpaired) electrons. The summed E-state index contributed by atoms with van der Waals surface area (Å²) in [5, 5.41) is 9.31. The first kappa shape index (κ1) is 14.3. The van der Waals surface area contributed by atoms with E-state index in [9.17, 15) is 14.7 Å². The van der Waals surface area contributed by atoms with E-state index in [-0.39, 0.29) is 17.7 Å². The number of rotatable bonds is 3. The first-order chi connectivity index (χ1) is 8.93. The van der Waals surface area contributed by atoms with Gasteiger partial charge in [0.2, 0.25) is 5.91 Å². The number of amides is 1. The Kier molecular flexibility index (Phi) is 4.13. The molecule has 19 heavy (non-hydrogen) atoms. The van der Waals surface area contributed by atoms with Crippen molar-refractivity contribution >= 4 is 11.9 Å². The van der Waals surface area contributed by atoms with Crippen LogP contribution in [0.4, 0.5) is 0 Å². The predicted molar refractivity (Wildman–Crippen MR) is 69.6 cm³/mol. The van der Waals surface area contributed by atoms with Crippen molar-refractivity contribution in [1.29, 1.82) is 0 Å². The number of carbonyl (C=O) groups excluding carboxylic acids is 1. The molecule has 1 amide bonds. The van der Waals surface area contributed by atoms with Gasteiger partial charge in [0, 0.05) is 19.7 Å². The SMILES string of the molecule is CC(C)(C(=O)O)C1CCCN(C(=O)C2CCOC2)C1. The van der Waals surface area contributed by atoms with E-state index in [1.165, 1.54) is 0 Å². The van der Waals surface area contributed by atoms with Gasteiger partial charge in [0.05, 0.1) is 17.9 Å². The summed E-state index contributed by atoms with van der Waals surface area (Å²) >= 11 is 0. The Labute approximate surface area is 113 Å². The van der Waals surface area contributed by atoms with E-state index < -0.39 is 11.4 Å². The van der Waals surface area contributed by atoms with Gasteiger partial charge in [0.1, 0.15) is 0 Å². The zero-order valence-corrected chi connectivity index (χ0v) is 11.7. The van der Waals surface area contributed by atoms with Gasteiger partial charge in [0.25, 0.3) is 0 Å². The summed E-state index contributed by atoms with van der Waals surface area (Å²) in [5.41, 5.74) is -0.773. The third-order valence-corrected chi connectivity index (χ3v) is 4.58. The molecule has 0 aromatic carbocycles. The average molecular weight is 269 g/mol. The highest BCUT2D eigenvalue weighted by Gasteiger charge is 2.41. The molecule has 2 aliphatic rings. The van der Waals surface area contributed by atoms with E-state index in [0.29, 0.717) is 19.8 Å². The molecule has 0 aromatic rings. The Balaban J connectivity index is 2.00. The number of carboxylic acid groups (broad SMARTS) is 1. The molecule has 2 atom stereocenters. The maximum atomic E-state index is 12.3. The highest BCUT2D eigenvalue weighted by atomic mass is 16.5. The van der Waals surface area contributed by atoms with Crippen LogP contribution in [0.5, 0.6) is 0 Å². The van der Waals surface area contributed by atoms with Crippen molar-refractivity contribution < 1.29 is 19.4 Å². The minimum absolute atomic E-state index is 0.0216.